The first-order valence-electron chi connectivity index (χ1n) is 4.39. The number of nitrogens with zero attached hydrogens (tertiary/aromatic N) is 2. The Hall–Kier alpha value is -0.830. The highest BCUT2D eigenvalue weighted by atomic mass is 32.2. The topological polar surface area (TPSA) is 25.2 Å². The summed E-state index contributed by atoms with van der Waals surface area (Å²) >= 11 is 1.83. The largest absolute Gasteiger partial charge is 0.274 e. The van der Waals surface area contributed by atoms with Crippen molar-refractivity contribution in [3.63, 3.8) is 0 Å². The molecule has 0 aliphatic carbocycles. The van der Waals surface area contributed by atoms with E-state index in [2.05, 4.69) is 23.0 Å². The highest BCUT2D eigenvalue weighted by Crippen LogP contribution is 2.22. The Labute approximate surface area is 82.5 Å². The number of aryl methyl sites for hydroxylation is 1. The predicted molar refractivity (Wildman–Crippen MR) is 57.4 cm³/mol. The van der Waals surface area contributed by atoms with Crippen LogP contribution in [-0.4, -0.2) is 21.8 Å². The van der Waals surface area contributed by atoms with Crippen molar-refractivity contribution < 1.29 is 0 Å². The van der Waals surface area contributed by atoms with E-state index in [0.717, 1.165) is 16.5 Å². The van der Waals surface area contributed by atoms with Gasteiger partial charge in [0.1, 0.15) is 0 Å². The second kappa shape index (κ2) is 3.50. The minimum atomic E-state index is 0.466. The zero-order chi connectivity index (χ0) is 9.26. The molecule has 0 spiro atoms. The molecule has 3 heteroatoms. The first-order chi connectivity index (χ1) is 6.25. The van der Waals surface area contributed by atoms with Gasteiger partial charge in [0.05, 0.1) is 11.1 Å². The van der Waals surface area contributed by atoms with Crippen molar-refractivity contribution in [2.24, 2.45) is 4.99 Å². The molecular formula is C10H12N2S. The zero-order valence-corrected chi connectivity index (χ0v) is 8.64. The third-order valence-electron chi connectivity index (χ3n) is 1.94. The van der Waals surface area contributed by atoms with E-state index in [-0.39, 0.29) is 0 Å². The number of rotatable bonds is 1. The average molecular weight is 192 g/mol. The molecule has 2 nitrogen and oxygen atoms in total. The van der Waals surface area contributed by atoms with Gasteiger partial charge in [0, 0.05) is 23.2 Å². The van der Waals surface area contributed by atoms with Crippen molar-refractivity contribution in [1.82, 2.24) is 4.98 Å². The molecule has 13 heavy (non-hydrogen) atoms. The lowest BCUT2D eigenvalue weighted by Gasteiger charge is -1.99. The Balaban J connectivity index is 2.31. The summed E-state index contributed by atoms with van der Waals surface area (Å²) in [4.78, 5) is 8.72. The van der Waals surface area contributed by atoms with Crippen LogP contribution < -0.4 is 0 Å². The summed E-state index contributed by atoms with van der Waals surface area (Å²) < 4.78 is 0. The molecule has 0 saturated carbocycles. The summed E-state index contributed by atoms with van der Waals surface area (Å²) in [5.41, 5.74) is 2.27. The highest BCUT2D eigenvalue weighted by molar-refractivity contribution is 8.14. The molecule has 0 amide bonds. The average Bonchev–Trinajstić information content (AvgIpc) is 2.52. The molecule has 1 aromatic heterocycles. The first-order valence-corrected chi connectivity index (χ1v) is 5.38. The SMILES string of the molecule is Cc1cc(C2=NC(C)CS2)ccn1. The second-order valence-corrected chi connectivity index (χ2v) is 4.29. The van der Waals surface area contributed by atoms with Gasteiger partial charge < -0.3 is 0 Å². The Bertz CT molecular complexity index is 347. The monoisotopic (exact) mass is 192 g/mol. The lowest BCUT2D eigenvalue weighted by molar-refractivity contribution is 0.865. The lowest BCUT2D eigenvalue weighted by atomic mass is 10.2. The van der Waals surface area contributed by atoms with Gasteiger partial charge in [-0.1, -0.05) is 0 Å². The summed E-state index contributed by atoms with van der Waals surface area (Å²) in [6, 6.07) is 4.58. The molecule has 1 aliphatic rings. The van der Waals surface area contributed by atoms with Crippen LogP contribution in [0.15, 0.2) is 23.3 Å². The Morgan fingerprint density at radius 1 is 1.54 bits per heavy atom. The van der Waals surface area contributed by atoms with Gasteiger partial charge in [0.2, 0.25) is 0 Å². The van der Waals surface area contributed by atoms with E-state index in [4.69, 9.17) is 0 Å². The summed E-state index contributed by atoms with van der Waals surface area (Å²) in [5.74, 6) is 1.11. The van der Waals surface area contributed by atoms with Gasteiger partial charge in [-0.2, -0.15) is 0 Å². The second-order valence-electron chi connectivity index (χ2n) is 3.28. The molecule has 0 saturated heterocycles. The lowest BCUT2D eigenvalue weighted by Crippen LogP contribution is -1.94. The van der Waals surface area contributed by atoms with Crippen molar-refractivity contribution in [3.05, 3.63) is 29.6 Å². The summed E-state index contributed by atoms with van der Waals surface area (Å²) in [6.45, 7) is 4.15. The Morgan fingerprint density at radius 3 is 3.00 bits per heavy atom. The summed E-state index contributed by atoms with van der Waals surface area (Å²) in [6.07, 6.45) is 1.84. The van der Waals surface area contributed by atoms with Crippen LogP contribution in [-0.2, 0) is 0 Å². The molecule has 1 aromatic rings. The molecule has 0 bridgehead atoms. The smallest absolute Gasteiger partial charge is 0.0982 e. The van der Waals surface area contributed by atoms with Crippen LogP contribution >= 0.6 is 11.8 Å². The third kappa shape index (κ3) is 1.91. The van der Waals surface area contributed by atoms with E-state index >= 15 is 0 Å². The minimum Gasteiger partial charge on any atom is -0.274 e. The van der Waals surface area contributed by atoms with Gasteiger partial charge >= 0.3 is 0 Å². The highest BCUT2D eigenvalue weighted by Gasteiger charge is 2.15. The van der Waals surface area contributed by atoms with Gasteiger partial charge in [-0.05, 0) is 26.0 Å². The zero-order valence-electron chi connectivity index (χ0n) is 7.82. The van der Waals surface area contributed by atoms with Crippen LogP contribution in [0.5, 0.6) is 0 Å². The number of thioether (sulfide) groups is 1. The molecule has 0 aromatic carbocycles. The van der Waals surface area contributed by atoms with Crippen LogP contribution in [0.4, 0.5) is 0 Å². The predicted octanol–water partition coefficient (Wildman–Crippen LogP) is 2.27. The molecule has 0 fully saturated rings. The van der Waals surface area contributed by atoms with Crippen molar-refractivity contribution in [2.75, 3.05) is 5.75 Å². The molecule has 1 unspecified atom stereocenters. The van der Waals surface area contributed by atoms with Crippen LogP contribution in [0, 0.1) is 6.92 Å². The van der Waals surface area contributed by atoms with E-state index in [0.29, 0.717) is 6.04 Å². The molecular weight excluding hydrogens is 180 g/mol. The Morgan fingerprint density at radius 2 is 2.38 bits per heavy atom. The van der Waals surface area contributed by atoms with Crippen molar-refractivity contribution in [2.45, 2.75) is 19.9 Å². The van der Waals surface area contributed by atoms with E-state index in [9.17, 15) is 0 Å². The molecule has 1 aliphatic heterocycles. The number of pyridine rings is 1. The summed E-state index contributed by atoms with van der Waals surface area (Å²) in [7, 11) is 0. The molecule has 1 atom stereocenters. The minimum absolute atomic E-state index is 0.466. The van der Waals surface area contributed by atoms with Crippen LogP contribution in [0.1, 0.15) is 18.2 Å². The van der Waals surface area contributed by atoms with E-state index < -0.39 is 0 Å². The van der Waals surface area contributed by atoms with E-state index in [1.807, 2.05) is 30.9 Å². The molecule has 68 valence electrons. The number of aromatic nitrogens is 1. The maximum atomic E-state index is 4.55. The normalized spacial score (nSPS) is 21.7. The number of aliphatic imine (C=N–C) groups is 1. The van der Waals surface area contributed by atoms with Gasteiger partial charge in [0.15, 0.2) is 0 Å². The first kappa shape index (κ1) is 8.75. The Kier molecular flexibility index (Phi) is 2.36. The molecule has 0 radical (unpaired) electrons. The maximum absolute atomic E-state index is 4.55. The van der Waals surface area contributed by atoms with Crippen molar-refractivity contribution in [1.29, 1.82) is 0 Å². The third-order valence-corrected chi connectivity index (χ3v) is 3.21. The number of hydrogen-bond acceptors (Lipinski definition) is 3. The quantitative estimate of drug-likeness (QED) is 0.682. The van der Waals surface area contributed by atoms with Crippen LogP contribution in [0.3, 0.4) is 0 Å². The van der Waals surface area contributed by atoms with Gasteiger partial charge in [0.25, 0.3) is 0 Å². The summed E-state index contributed by atoms with van der Waals surface area (Å²) in [5, 5.41) is 1.16. The van der Waals surface area contributed by atoms with E-state index in [1.54, 1.807) is 0 Å². The van der Waals surface area contributed by atoms with Gasteiger partial charge in [-0.25, -0.2) is 0 Å². The fourth-order valence-corrected chi connectivity index (χ4v) is 2.33. The molecule has 0 N–H and O–H groups in total. The maximum Gasteiger partial charge on any atom is 0.0982 e. The van der Waals surface area contributed by atoms with Crippen molar-refractivity contribution in [3.8, 4) is 0 Å². The fourth-order valence-electron chi connectivity index (χ4n) is 1.31. The van der Waals surface area contributed by atoms with Gasteiger partial charge in [-0.3, -0.25) is 9.98 Å². The fraction of sp³-hybridized carbons (Fsp3) is 0.400. The number of hydrogen-bond donors (Lipinski definition) is 0. The standard InChI is InChI=1S/C10H12N2S/c1-7-5-9(3-4-11-7)10-12-8(2)6-13-10/h3-5,8H,6H2,1-2H3. The molecule has 2 heterocycles. The van der Waals surface area contributed by atoms with E-state index in [1.165, 1.54) is 5.56 Å². The van der Waals surface area contributed by atoms with Crippen LogP contribution in [0.2, 0.25) is 0 Å². The molecule has 2 rings (SSSR count). The van der Waals surface area contributed by atoms with Gasteiger partial charge in [-0.15, -0.1) is 11.8 Å². The van der Waals surface area contributed by atoms with Crippen LogP contribution in [0.25, 0.3) is 0 Å². The van der Waals surface area contributed by atoms with Crippen molar-refractivity contribution >= 4 is 16.8 Å².